The Morgan fingerprint density at radius 3 is 2.56 bits per heavy atom. The van der Waals surface area contributed by atoms with Crippen molar-refractivity contribution in [1.82, 2.24) is 14.9 Å². The number of nitrogens with one attached hydrogen (secondary N) is 1. The number of carbonyl (C=O) groups excluding carboxylic acids is 1. The van der Waals surface area contributed by atoms with E-state index in [1.54, 1.807) is 6.20 Å². The maximum absolute atomic E-state index is 12.6. The van der Waals surface area contributed by atoms with Gasteiger partial charge in [0, 0.05) is 26.0 Å². The first kappa shape index (κ1) is 17.7. The number of imidazole rings is 1. The van der Waals surface area contributed by atoms with E-state index in [1.807, 2.05) is 17.8 Å². The number of nitrogens with zero attached hydrogens (tertiary/aromatic N) is 2. The van der Waals surface area contributed by atoms with Gasteiger partial charge in [0.1, 0.15) is 18.0 Å². The molecular formula is C20H27N3O2. The van der Waals surface area contributed by atoms with Gasteiger partial charge < -0.3 is 14.6 Å². The maximum Gasteiger partial charge on any atom is 0.249 e. The molecule has 1 aliphatic heterocycles. The van der Waals surface area contributed by atoms with Gasteiger partial charge in [-0.15, -0.1) is 0 Å². The van der Waals surface area contributed by atoms with Gasteiger partial charge in [-0.3, -0.25) is 4.79 Å². The highest BCUT2D eigenvalue weighted by Gasteiger charge is 2.28. The normalized spacial score (nSPS) is 19.0. The molecule has 0 saturated carbocycles. The molecule has 1 aromatic heterocycles. The lowest BCUT2D eigenvalue weighted by atomic mass is 9.86. The second-order valence-corrected chi connectivity index (χ2v) is 7.71. The number of ether oxygens (including phenoxy) is 1. The lowest BCUT2D eigenvalue weighted by Gasteiger charge is -2.23. The van der Waals surface area contributed by atoms with Gasteiger partial charge in [0.15, 0.2) is 0 Å². The molecule has 1 aromatic carbocycles. The molecule has 5 heteroatoms. The van der Waals surface area contributed by atoms with Crippen LogP contribution in [-0.2, 0) is 22.0 Å². The number of aromatic nitrogens is 2. The molecule has 0 bridgehead atoms. The Hall–Kier alpha value is -2.14. The molecule has 2 atom stereocenters. The third-order valence-corrected chi connectivity index (χ3v) is 4.74. The van der Waals surface area contributed by atoms with E-state index in [9.17, 15) is 4.79 Å². The number of hydrogen-bond donors (Lipinski definition) is 1. The van der Waals surface area contributed by atoms with Crippen LogP contribution in [0.4, 0.5) is 0 Å². The molecule has 0 aliphatic carbocycles. The van der Waals surface area contributed by atoms with Crippen LogP contribution in [0.3, 0.4) is 0 Å². The fraction of sp³-hybridized carbons (Fsp3) is 0.500. The average Bonchev–Trinajstić information content (AvgIpc) is 3.23. The van der Waals surface area contributed by atoms with Gasteiger partial charge >= 0.3 is 0 Å². The van der Waals surface area contributed by atoms with Gasteiger partial charge in [-0.25, -0.2) is 4.98 Å². The zero-order valence-electron chi connectivity index (χ0n) is 15.5. The topological polar surface area (TPSA) is 56.2 Å². The third-order valence-electron chi connectivity index (χ3n) is 4.74. The molecule has 2 aromatic rings. The molecule has 2 unspecified atom stereocenters. The van der Waals surface area contributed by atoms with Crippen LogP contribution in [0.2, 0.25) is 0 Å². The first-order chi connectivity index (χ1) is 11.9. The zero-order chi connectivity index (χ0) is 18.0. The Bertz CT molecular complexity index is 722. The number of aryl methyl sites for hydroxylation is 1. The van der Waals surface area contributed by atoms with Crippen LogP contribution in [0.5, 0.6) is 0 Å². The molecule has 1 saturated heterocycles. The van der Waals surface area contributed by atoms with Crippen LogP contribution in [0.25, 0.3) is 0 Å². The fourth-order valence-electron chi connectivity index (χ4n) is 3.15. The molecule has 2 heterocycles. The molecule has 1 aliphatic rings. The predicted molar refractivity (Wildman–Crippen MR) is 97.3 cm³/mol. The molecule has 0 spiro atoms. The van der Waals surface area contributed by atoms with Crippen LogP contribution >= 0.6 is 0 Å². The second kappa shape index (κ2) is 7.00. The lowest BCUT2D eigenvalue weighted by Crippen LogP contribution is -2.38. The summed E-state index contributed by atoms with van der Waals surface area (Å²) < 4.78 is 7.47. The van der Waals surface area contributed by atoms with E-state index in [4.69, 9.17) is 4.74 Å². The number of hydrogen-bond acceptors (Lipinski definition) is 3. The van der Waals surface area contributed by atoms with E-state index >= 15 is 0 Å². The average molecular weight is 341 g/mol. The van der Waals surface area contributed by atoms with E-state index in [0.29, 0.717) is 6.61 Å². The van der Waals surface area contributed by atoms with E-state index in [2.05, 4.69) is 55.3 Å². The van der Waals surface area contributed by atoms with Crippen molar-refractivity contribution in [1.29, 1.82) is 0 Å². The highest BCUT2D eigenvalue weighted by atomic mass is 16.5. The Balaban J connectivity index is 1.88. The van der Waals surface area contributed by atoms with Crippen molar-refractivity contribution < 1.29 is 9.53 Å². The first-order valence-corrected chi connectivity index (χ1v) is 8.86. The number of carbonyl (C=O) groups is 1. The summed E-state index contributed by atoms with van der Waals surface area (Å²) in [5, 5.41) is 3.13. The minimum atomic E-state index is -0.350. The van der Waals surface area contributed by atoms with Crippen molar-refractivity contribution in [2.45, 2.75) is 51.2 Å². The van der Waals surface area contributed by atoms with Gasteiger partial charge in [-0.2, -0.15) is 0 Å². The number of rotatable bonds is 4. The molecule has 134 valence electrons. The van der Waals surface area contributed by atoms with Crippen molar-refractivity contribution in [3.05, 3.63) is 53.6 Å². The highest BCUT2D eigenvalue weighted by Crippen LogP contribution is 2.26. The molecule has 3 rings (SSSR count). The quantitative estimate of drug-likeness (QED) is 0.930. The molecule has 25 heavy (non-hydrogen) atoms. The van der Waals surface area contributed by atoms with Crippen molar-refractivity contribution >= 4 is 5.91 Å². The van der Waals surface area contributed by atoms with Crippen molar-refractivity contribution in [2.75, 3.05) is 6.61 Å². The maximum atomic E-state index is 12.6. The minimum Gasteiger partial charge on any atom is -0.368 e. The lowest BCUT2D eigenvalue weighted by molar-refractivity contribution is -0.130. The summed E-state index contributed by atoms with van der Waals surface area (Å²) in [7, 11) is 1.94. The Kier molecular flexibility index (Phi) is 4.95. The van der Waals surface area contributed by atoms with E-state index in [0.717, 1.165) is 24.2 Å². The predicted octanol–water partition coefficient (Wildman–Crippen LogP) is 3.10. The van der Waals surface area contributed by atoms with Crippen molar-refractivity contribution in [3.63, 3.8) is 0 Å². The molecule has 5 nitrogen and oxygen atoms in total. The molecule has 1 fully saturated rings. The summed E-state index contributed by atoms with van der Waals surface area (Å²) in [5.41, 5.74) is 2.38. The summed E-state index contributed by atoms with van der Waals surface area (Å²) >= 11 is 0. The Morgan fingerprint density at radius 1 is 1.32 bits per heavy atom. The van der Waals surface area contributed by atoms with E-state index < -0.39 is 0 Å². The van der Waals surface area contributed by atoms with Gasteiger partial charge in [0.25, 0.3) is 0 Å². The third kappa shape index (κ3) is 3.93. The van der Waals surface area contributed by atoms with Crippen LogP contribution in [-0.4, -0.2) is 28.2 Å². The monoisotopic (exact) mass is 341 g/mol. The first-order valence-electron chi connectivity index (χ1n) is 8.86. The Morgan fingerprint density at radius 2 is 2.04 bits per heavy atom. The van der Waals surface area contributed by atoms with Crippen LogP contribution < -0.4 is 5.32 Å². The smallest absolute Gasteiger partial charge is 0.249 e. The van der Waals surface area contributed by atoms with Gasteiger partial charge in [-0.1, -0.05) is 45.0 Å². The van der Waals surface area contributed by atoms with Gasteiger partial charge in [-0.05, 0) is 29.4 Å². The summed E-state index contributed by atoms with van der Waals surface area (Å²) in [6, 6.07) is 8.13. The summed E-state index contributed by atoms with van der Waals surface area (Å²) in [4.78, 5) is 17.0. The number of benzene rings is 1. The summed E-state index contributed by atoms with van der Waals surface area (Å²) in [6.45, 7) is 7.23. The second-order valence-electron chi connectivity index (χ2n) is 7.71. The van der Waals surface area contributed by atoms with Crippen molar-refractivity contribution in [3.8, 4) is 0 Å². The number of amides is 1. The summed E-state index contributed by atoms with van der Waals surface area (Å²) in [6.07, 6.45) is 5.01. The van der Waals surface area contributed by atoms with Crippen molar-refractivity contribution in [2.24, 2.45) is 7.05 Å². The van der Waals surface area contributed by atoms with Crippen LogP contribution in [0.1, 0.15) is 56.6 Å². The van der Waals surface area contributed by atoms with Gasteiger partial charge in [0.05, 0.1) is 0 Å². The molecular weight excluding hydrogens is 314 g/mol. The summed E-state index contributed by atoms with van der Waals surface area (Å²) in [5.74, 6) is 0.750. The largest absolute Gasteiger partial charge is 0.368 e. The Labute approximate surface area is 149 Å². The molecule has 1 N–H and O–H groups in total. The SMILES string of the molecule is Cn1ccnc1C(NC(=O)C1CCCO1)c1ccc(C(C)(C)C)cc1. The van der Waals surface area contributed by atoms with Gasteiger partial charge in [0.2, 0.25) is 5.91 Å². The van der Waals surface area contributed by atoms with Crippen LogP contribution in [0, 0.1) is 0 Å². The standard InChI is InChI=1S/C20H27N3O2/c1-20(2,3)15-9-7-14(8-10-15)17(18-21-11-12-23(18)4)22-19(24)16-6-5-13-25-16/h7-12,16-17H,5-6,13H2,1-4H3,(H,22,24). The molecule has 0 radical (unpaired) electrons. The minimum absolute atomic E-state index is 0.0644. The fourth-order valence-corrected chi connectivity index (χ4v) is 3.15. The van der Waals surface area contributed by atoms with E-state index in [-0.39, 0.29) is 23.5 Å². The van der Waals surface area contributed by atoms with E-state index in [1.165, 1.54) is 5.56 Å². The highest BCUT2D eigenvalue weighted by molar-refractivity contribution is 5.81. The van der Waals surface area contributed by atoms with Crippen LogP contribution in [0.15, 0.2) is 36.7 Å². The zero-order valence-corrected chi connectivity index (χ0v) is 15.5. The molecule has 1 amide bonds.